The highest BCUT2D eigenvalue weighted by Gasteiger charge is 2.20. The summed E-state index contributed by atoms with van der Waals surface area (Å²) in [5, 5.41) is 13.0. The number of carbonyl (C=O) groups is 2. The summed E-state index contributed by atoms with van der Waals surface area (Å²) >= 11 is 0. The molecule has 1 aliphatic rings. The van der Waals surface area contributed by atoms with E-state index in [1.807, 2.05) is 0 Å². The zero-order chi connectivity index (χ0) is 22.7. The van der Waals surface area contributed by atoms with Crippen LogP contribution in [0.4, 0.5) is 15.9 Å². The maximum Gasteiger partial charge on any atom is 0.336 e. The van der Waals surface area contributed by atoms with Crippen LogP contribution >= 0.6 is 0 Å². The molecule has 7 nitrogen and oxygen atoms in total. The van der Waals surface area contributed by atoms with E-state index in [-0.39, 0.29) is 5.56 Å². The average molecular weight is 436 g/mol. The highest BCUT2D eigenvalue weighted by molar-refractivity contribution is 6.08. The van der Waals surface area contributed by atoms with Gasteiger partial charge in [-0.05, 0) is 61.5 Å². The number of amides is 1. The van der Waals surface area contributed by atoms with Gasteiger partial charge in [0.05, 0.1) is 11.1 Å². The summed E-state index contributed by atoms with van der Waals surface area (Å²) in [5.41, 5.74) is 1.44. The summed E-state index contributed by atoms with van der Waals surface area (Å²) in [6.07, 6.45) is 1.11. The first-order valence-electron chi connectivity index (χ1n) is 10.7. The van der Waals surface area contributed by atoms with Gasteiger partial charge in [-0.25, -0.2) is 14.2 Å². The third-order valence-corrected chi connectivity index (χ3v) is 5.63. The Bertz CT molecular complexity index is 1140. The van der Waals surface area contributed by atoms with Crippen molar-refractivity contribution in [2.75, 3.05) is 42.9 Å². The molecular formula is C24H25FN4O3. The average Bonchev–Trinajstić information content (AvgIpc) is 2.79. The summed E-state index contributed by atoms with van der Waals surface area (Å²) in [6.45, 7) is 6.65. The van der Waals surface area contributed by atoms with Crippen LogP contribution in [0.2, 0.25) is 0 Å². The fourth-order valence-electron chi connectivity index (χ4n) is 3.95. The second-order valence-electron chi connectivity index (χ2n) is 7.85. The number of anilines is 2. The first-order valence-corrected chi connectivity index (χ1v) is 10.7. The molecule has 0 saturated carbocycles. The number of carbonyl (C=O) groups excluding carboxylic acids is 1. The minimum absolute atomic E-state index is 0.138. The highest BCUT2D eigenvalue weighted by atomic mass is 19.1. The molecule has 2 heterocycles. The van der Waals surface area contributed by atoms with Crippen molar-refractivity contribution in [2.45, 2.75) is 13.3 Å². The molecule has 0 bridgehead atoms. The van der Waals surface area contributed by atoms with Gasteiger partial charge in [-0.3, -0.25) is 9.69 Å². The monoisotopic (exact) mass is 436 g/mol. The Balaban J connectivity index is 1.60. The molecule has 1 aromatic heterocycles. The number of fused-ring (bicyclic) bond motifs is 1. The van der Waals surface area contributed by atoms with Gasteiger partial charge in [0.25, 0.3) is 5.91 Å². The molecule has 2 aromatic carbocycles. The van der Waals surface area contributed by atoms with E-state index in [1.165, 1.54) is 24.3 Å². The smallest absolute Gasteiger partial charge is 0.336 e. The molecule has 1 amide bonds. The Morgan fingerprint density at radius 2 is 1.78 bits per heavy atom. The molecule has 3 aromatic rings. The van der Waals surface area contributed by atoms with Gasteiger partial charge in [-0.15, -0.1) is 0 Å². The Labute approximate surface area is 185 Å². The fourth-order valence-corrected chi connectivity index (χ4v) is 3.95. The van der Waals surface area contributed by atoms with Crippen LogP contribution in [-0.2, 0) is 0 Å². The third-order valence-electron chi connectivity index (χ3n) is 5.63. The van der Waals surface area contributed by atoms with Crippen LogP contribution in [0.5, 0.6) is 0 Å². The van der Waals surface area contributed by atoms with Gasteiger partial charge in [0.2, 0.25) is 0 Å². The van der Waals surface area contributed by atoms with E-state index in [2.05, 4.69) is 22.0 Å². The molecule has 8 heteroatoms. The van der Waals surface area contributed by atoms with Crippen molar-refractivity contribution in [3.05, 3.63) is 65.5 Å². The van der Waals surface area contributed by atoms with Gasteiger partial charge in [0.15, 0.2) is 0 Å². The maximum absolute atomic E-state index is 13.1. The number of pyridine rings is 1. The van der Waals surface area contributed by atoms with Crippen LogP contribution in [0.15, 0.2) is 48.5 Å². The molecule has 0 atom stereocenters. The van der Waals surface area contributed by atoms with Crippen LogP contribution in [0.1, 0.15) is 34.1 Å². The Morgan fingerprint density at radius 1 is 1.06 bits per heavy atom. The number of hydrogen-bond donors (Lipinski definition) is 2. The largest absolute Gasteiger partial charge is 0.478 e. The zero-order valence-corrected chi connectivity index (χ0v) is 17.8. The molecule has 166 valence electrons. The predicted octanol–water partition coefficient (Wildman–Crippen LogP) is 3.86. The van der Waals surface area contributed by atoms with Crippen LogP contribution < -0.4 is 10.2 Å². The number of aromatic carboxylic acids is 1. The molecule has 0 spiro atoms. The molecule has 0 radical (unpaired) electrons. The Kier molecular flexibility index (Phi) is 6.32. The first kappa shape index (κ1) is 21.7. The second-order valence-corrected chi connectivity index (χ2v) is 7.85. The van der Waals surface area contributed by atoms with E-state index >= 15 is 0 Å². The molecule has 4 rings (SSSR count). The number of nitrogens with one attached hydrogen (secondary N) is 1. The van der Waals surface area contributed by atoms with Gasteiger partial charge in [-0.2, -0.15) is 0 Å². The standard InChI is InChI=1S/C24H25FN4O3/c1-2-9-28-10-12-29(13-11-28)22-15-20(24(31)32)19-14-18(7-8-21(19)27-22)26-23(30)16-3-5-17(25)6-4-16/h3-8,14-15H,2,9-13H2,1H3,(H,26,30)(H,31,32). The number of carboxylic acids is 1. The summed E-state index contributed by atoms with van der Waals surface area (Å²) in [6, 6.07) is 11.8. The van der Waals surface area contributed by atoms with Gasteiger partial charge in [-0.1, -0.05) is 6.92 Å². The van der Waals surface area contributed by atoms with E-state index in [9.17, 15) is 19.1 Å². The molecular weight excluding hydrogens is 411 g/mol. The van der Waals surface area contributed by atoms with E-state index in [0.717, 1.165) is 39.1 Å². The van der Waals surface area contributed by atoms with Gasteiger partial charge < -0.3 is 15.3 Å². The number of benzene rings is 2. The number of hydrogen-bond acceptors (Lipinski definition) is 5. The number of carboxylic acid groups (broad SMARTS) is 1. The van der Waals surface area contributed by atoms with Gasteiger partial charge >= 0.3 is 5.97 Å². The van der Waals surface area contributed by atoms with Crippen molar-refractivity contribution < 1.29 is 19.1 Å². The van der Waals surface area contributed by atoms with Crippen molar-refractivity contribution in [1.29, 1.82) is 0 Å². The summed E-state index contributed by atoms with van der Waals surface area (Å²) in [5.74, 6) is -1.23. The first-order chi connectivity index (χ1) is 15.4. The zero-order valence-electron chi connectivity index (χ0n) is 17.8. The van der Waals surface area contributed by atoms with Crippen molar-refractivity contribution in [3.8, 4) is 0 Å². The normalized spacial score (nSPS) is 14.5. The van der Waals surface area contributed by atoms with Gasteiger partial charge in [0.1, 0.15) is 11.6 Å². The van der Waals surface area contributed by atoms with E-state index in [1.54, 1.807) is 24.3 Å². The Hall–Kier alpha value is -3.52. The number of rotatable bonds is 6. The van der Waals surface area contributed by atoms with Crippen molar-refractivity contribution >= 4 is 34.3 Å². The fraction of sp³-hybridized carbons (Fsp3) is 0.292. The molecule has 1 aliphatic heterocycles. The van der Waals surface area contributed by atoms with E-state index in [0.29, 0.717) is 28.0 Å². The van der Waals surface area contributed by atoms with Crippen LogP contribution in [0, 0.1) is 5.82 Å². The van der Waals surface area contributed by atoms with Gasteiger partial charge in [0, 0.05) is 42.8 Å². The lowest BCUT2D eigenvalue weighted by atomic mass is 10.1. The number of piperazine rings is 1. The SMILES string of the molecule is CCCN1CCN(c2cc(C(=O)O)c3cc(NC(=O)c4ccc(F)cc4)ccc3n2)CC1. The molecule has 1 fully saturated rings. The summed E-state index contributed by atoms with van der Waals surface area (Å²) in [7, 11) is 0. The topological polar surface area (TPSA) is 85.8 Å². The van der Waals surface area contributed by atoms with Crippen LogP contribution in [0.3, 0.4) is 0 Å². The lowest BCUT2D eigenvalue weighted by Gasteiger charge is -2.35. The quantitative estimate of drug-likeness (QED) is 0.610. The molecule has 0 aliphatic carbocycles. The van der Waals surface area contributed by atoms with Crippen LogP contribution in [0.25, 0.3) is 10.9 Å². The number of nitrogens with zero attached hydrogens (tertiary/aromatic N) is 3. The number of aromatic nitrogens is 1. The lowest BCUT2D eigenvalue weighted by Crippen LogP contribution is -2.46. The Morgan fingerprint density at radius 3 is 2.44 bits per heavy atom. The third kappa shape index (κ3) is 4.70. The lowest BCUT2D eigenvalue weighted by molar-refractivity contribution is 0.0698. The van der Waals surface area contributed by atoms with Crippen LogP contribution in [-0.4, -0.2) is 59.6 Å². The van der Waals surface area contributed by atoms with Crippen molar-refractivity contribution in [3.63, 3.8) is 0 Å². The summed E-state index contributed by atoms with van der Waals surface area (Å²) in [4.78, 5) is 33.6. The second kappa shape index (κ2) is 9.32. The summed E-state index contributed by atoms with van der Waals surface area (Å²) < 4.78 is 13.1. The molecule has 2 N–H and O–H groups in total. The van der Waals surface area contributed by atoms with E-state index in [4.69, 9.17) is 4.98 Å². The minimum Gasteiger partial charge on any atom is -0.478 e. The number of halogens is 1. The highest BCUT2D eigenvalue weighted by Crippen LogP contribution is 2.27. The predicted molar refractivity (Wildman–Crippen MR) is 122 cm³/mol. The minimum atomic E-state index is -1.05. The van der Waals surface area contributed by atoms with Crippen molar-refractivity contribution in [1.82, 2.24) is 9.88 Å². The molecule has 1 saturated heterocycles. The maximum atomic E-state index is 13.1. The molecule has 32 heavy (non-hydrogen) atoms. The van der Waals surface area contributed by atoms with E-state index < -0.39 is 17.7 Å². The molecule has 0 unspecified atom stereocenters. The van der Waals surface area contributed by atoms with Crippen molar-refractivity contribution in [2.24, 2.45) is 0 Å².